The van der Waals surface area contributed by atoms with Gasteiger partial charge in [-0.05, 0) is 56.4 Å². The van der Waals surface area contributed by atoms with Crippen molar-refractivity contribution in [1.82, 2.24) is 14.9 Å². The lowest BCUT2D eigenvalue weighted by molar-refractivity contribution is -0.136. The van der Waals surface area contributed by atoms with E-state index in [9.17, 15) is 4.79 Å². The number of amides is 1. The van der Waals surface area contributed by atoms with Gasteiger partial charge in [-0.3, -0.25) is 4.79 Å². The molecule has 2 aliphatic heterocycles. The lowest BCUT2D eigenvalue weighted by Gasteiger charge is -2.40. The number of anilines is 1. The number of aromatic nitrogens is 2. The van der Waals surface area contributed by atoms with Crippen LogP contribution in [0.2, 0.25) is 0 Å². The average molecular weight is 385 g/mol. The summed E-state index contributed by atoms with van der Waals surface area (Å²) in [6.45, 7) is 5.28. The predicted octanol–water partition coefficient (Wildman–Crippen LogP) is 3.80. The van der Waals surface area contributed by atoms with Crippen LogP contribution in [0.15, 0.2) is 6.33 Å². The predicted molar refractivity (Wildman–Crippen MR) is 109 cm³/mol. The normalized spacial score (nSPS) is 24.5. The van der Waals surface area contributed by atoms with Crippen LogP contribution in [0.3, 0.4) is 0 Å². The molecule has 0 saturated carbocycles. The Morgan fingerprint density at radius 1 is 1.07 bits per heavy atom. The highest BCUT2D eigenvalue weighted by molar-refractivity contribution is 7.19. The molecule has 0 radical (unpaired) electrons. The number of likely N-dealkylation sites (tertiary alicyclic amines) is 1. The Balaban J connectivity index is 1.38. The molecular formula is C21H28N4OS. The molecule has 2 aromatic heterocycles. The third kappa shape index (κ3) is 3.12. The van der Waals surface area contributed by atoms with E-state index in [0.29, 0.717) is 11.9 Å². The highest BCUT2D eigenvalue weighted by Gasteiger charge is 2.31. The van der Waals surface area contributed by atoms with Gasteiger partial charge >= 0.3 is 0 Å². The Morgan fingerprint density at radius 3 is 2.74 bits per heavy atom. The quantitative estimate of drug-likeness (QED) is 0.790. The van der Waals surface area contributed by atoms with Gasteiger partial charge in [0.2, 0.25) is 5.91 Å². The molecular weight excluding hydrogens is 356 g/mol. The third-order valence-electron chi connectivity index (χ3n) is 6.64. The van der Waals surface area contributed by atoms with Crippen LogP contribution in [0.4, 0.5) is 5.82 Å². The molecule has 0 N–H and O–H groups in total. The van der Waals surface area contributed by atoms with Crippen LogP contribution in [0.25, 0.3) is 10.2 Å². The van der Waals surface area contributed by atoms with Gasteiger partial charge in [-0.15, -0.1) is 11.3 Å². The number of rotatable bonds is 2. The van der Waals surface area contributed by atoms with Crippen molar-refractivity contribution in [3.63, 3.8) is 0 Å². The molecule has 1 unspecified atom stereocenters. The molecule has 0 aromatic carbocycles. The van der Waals surface area contributed by atoms with Gasteiger partial charge in [-0.1, -0.05) is 6.92 Å². The zero-order chi connectivity index (χ0) is 18.4. The van der Waals surface area contributed by atoms with E-state index in [1.54, 1.807) is 6.33 Å². The minimum absolute atomic E-state index is 0.366. The van der Waals surface area contributed by atoms with Crippen molar-refractivity contribution in [3.05, 3.63) is 16.8 Å². The monoisotopic (exact) mass is 384 g/mol. The van der Waals surface area contributed by atoms with Crippen molar-refractivity contribution in [1.29, 1.82) is 0 Å². The summed E-state index contributed by atoms with van der Waals surface area (Å²) in [6, 6.07) is 0.420. The van der Waals surface area contributed by atoms with Gasteiger partial charge in [0.25, 0.3) is 0 Å². The number of thiophene rings is 1. The van der Waals surface area contributed by atoms with Crippen molar-refractivity contribution in [2.45, 2.75) is 64.3 Å². The summed E-state index contributed by atoms with van der Waals surface area (Å²) in [4.78, 5) is 28.9. The number of nitrogens with zero attached hydrogens (tertiary/aromatic N) is 4. The summed E-state index contributed by atoms with van der Waals surface area (Å²) in [6.07, 6.45) is 10.4. The first-order valence-electron chi connectivity index (χ1n) is 10.5. The van der Waals surface area contributed by atoms with Gasteiger partial charge in [-0.25, -0.2) is 9.97 Å². The zero-order valence-corrected chi connectivity index (χ0v) is 16.9. The maximum Gasteiger partial charge on any atom is 0.222 e. The number of carbonyl (C=O) groups is 1. The smallest absolute Gasteiger partial charge is 0.222 e. The fraction of sp³-hybridized carbons (Fsp3) is 0.667. The molecule has 1 amide bonds. The zero-order valence-electron chi connectivity index (χ0n) is 16.1. The maximum absolute atomic E-state index is 12.3. The molecule has 1 atom stereocenters. The fourth-order valence-corrected chi connectivity index (χ4v) is 6.45. The van der Waals surface area contributed by atoms with Gasteiger partial charge in [0.1, 0.15) is 17.0 Å². The van der Waals surface area contributed by atoms with E-state index in [1.807, 2.05) is 11.3 Å². The van der Waals surface area contributed by atoms with Gasteiger partial charge < -0.3 is 9.80 Å². The molecule has 5 rings (SSSR count). The van der Waals surface area contributed by atoms with E-state index in [-0.39, 0.29) is 0 Å². The highest BCUT2D eigenvalue weighted by Crippen LogP contribution is 2.41. The molecule has 2 saturated heterocycles. The summed E-state index contributed by atoms with van der Waals surface area (Å²) in [5.74, 6) is 2.28. The van der Waals surface area contributed by atoms with Crippen LogP contribution in [0.5, 0.6) is 0 Å². The van der Waals surface area contributed by atoms with Crippen molar-refractivity contribution >= 4 is 33.3 Å². The molecule has 0 spiro atoms. The maximum atomic E-state index is 12.3. The topological polar surface area (TPSA) is 49.3 Å². The van der Waals surface area contributed by atoms with Gasteiger partial charge in [0, 0.05) is 37.0 Å². The van der Waals surface area contributed by atoms with Gasteiger partial charge in [0.05, 0.1) is 5.39 Å². The molecule has 0 bridgehead atoms. The number of hydrogen-bond acceptors (Lipinski definition) is 5. The van der Waals surface area contributed by atoms with Crippen LogP contribution >= 0.6 is 11.3 Å². The van der Waals surface area contributed by atoms with Crippen molar-refractivity contribution in [3.8, 4) is 0 Å². The molecule has 144 valence electrons. The van der Waals surface area contributed by atoms with Gasteiger partial charge in [-0.2, -0.15) is 0 Å². The van der Waals surface area contributed by atoms with Crippen molar-refractivity contribution in [2.75, 3.05) is 24.5 Å². The highest BCUT2D eigenvalue weighted by atomic mass is 32.1. The van der Waals surface area contributed by atoms with E-state index in [1.165, 1.54) is 28.7 Å². The number of aryl methyl sites for hydroxylation is 1. The lowest BCUT2D eigenvalue weighted by atomic mass is 9.89. The Bertz CT molecular complexity index is 855. The summed E-state index contributed by atoms with van der Waals surface area (Å²) >= 11 is 1.87. The summed E-state index contributed by atoms with van der Waals surface area (Å²) in [5.41, 5.74) is 1.51. The fourth-order valence-electron chi connectivity index (χ4n) is 5.10. The first kappa shape index (κ1) is 17.4. The molecule has 27 heavy (non-hydrogen) atoms. The minimum atomic E-state index is 0.366. The number of piperidine rings is 2. The SMILES string of the molecule is CC1CCc2c(sc3ncnc(N4CCC(N5CCCCC5=O)CC4)c23)C1. The van der Waals surface area contributed by atoms with Crippen molar-refractivity contribution in [2.24, 2.45) is 5.92 Å². The summed E-state index contributed by atoms with van der Waals surface area (Å²) in [5, 5.41) is 1.32. The largest absolute Gasteiger partial charge is 0.356 e. The van der Waals surface area contributed by atoms with Crippen LogP contribution in [0, 0.1) is 5.92 Å². The van der Waals surface area contributed by atoms with Crippen LogP contribution in [0.1, 0.15) is 55.9 Å². The van der Waals surface area contributed by atoms with Crippen LogP contribution in [-0.4, -0.2) is 46.5 Å². The molecule has 2 fully saturated rings. The Kier molecular flexibility index (Phi) is 4.54. The third-order valence-corrected chi connectivity index (χ3v) is 7.80. The van der Waals surface area contributed by atoms with Crippen molar-refractivity contribution < 1.29 is 4.79 Å². The number of hydrogen-bond donors (Lipinski definition) is 0. The Labute approximate surface area is 164 Å². The molecule has 3 aliphatic rings. The van der Waals surface area contributed by atoms with E-state index >= 15 is 0 Å². The average Bonchev–Trinajstić information content (AvgIpc) is 3.06. The number of carbonyl (C=O) groups excluding carboxylic acids is 1. The standard InChI is InChI=1S/C21H28N4OS/c1-14-5-6-16-17(12-14)27-21-19(16)20(22-13-23-21)24-10-7-15(8-11-24)25-9-3-2-4-18(25)26/h13-15H,2-12H2,1H3. The molecule has 5 nitrogen and oxygen atoms in total. The Morgan fingerprint density at radius 2 is 1.93 bits per heavy atom. The second-order valence-corrected chi connectivity index (χ2v) is 9.58. The molecule has 1 aliphatic carbocycles. The summed E-state index contributed by atoms with van der Waals surface area (Å²) in [7, 11) is 0. The van der Waals surface area contributed by atoms with E-state index in [0.717, 1.165) is 74.7 Å². The molecule has 2 aromatic rings. The first-order chi connectivity index (χ1) is 13.2. The molecule has 4 heterocycles. The van der Waals surface area contributed by atoms with Crippen LogP contribution in [-0.2, 0) is 17.6 Å². The van der Waals surface area contributed by atoms with E-state index < -0.39 is 0 Å². The number of fused-ring (bicyclic) bond motifs is 3. The molecule has 6 heteroatoms. The summed E-state index contributed by atoms with van der Waals surface area (Å²) < 4.78 is 0. The van der Waals surface area contributed by atoms with E-state index in [4.69, 9.17) is 4.98 Å². The second-order valence-electron chi connectivity index (χ2n) is 8.49. The second kappa shape index (κ2) is 7.04. The van der Waals surface area contributed by atoms with Gasteiger partial charge in [0.15, 0.2) is 0 Å². The van der Waals surface area contributed by atoms with Crippen LogP contribution < -0.4 is 4.90 Å². The lowest BCUT2D eigenvalue weighted by Crippen LogP contribution is -2.49. The minimum Gasteiger partial charge on any atom is -0.356 e. The Hall–Kier alpha value is -1.69. The van der Waals surface area contributed by atoms with E-state index in [2.05, 4.69) is 21.7 Å². The first-order valence-corrected chi connectivity index (χ1v) is 11.3.